The molecule has 4 nitrogen and oxygen atoms in total. The van der Waals surface area contributed by atoms with Crippen molar-refractivity contribution in [2.75, 3.05) is 12.3 Å². The fourth-order valence-electron chi connectivity index (χ4n) is 1.60. The molecule has 2 aromatic rings. The lowest BCUT2D eigenvalue weighted by atomic mass is 10.2. The minimum Gasteiger partial charge on any atom is -0.478 e. The Hall–Kier alpha value is -2.23. The molecule has 0 saturated carbocycles. The van der Waals surface area contributed by atoms with E-state index in [4.69, 9.17) is 15.2 Å². The quantitative estimate of drug-likeness (QED) is 0.839. The first-order valence-corrected chi connectivity index (χ1v) is 5.83. The maximum atomic E-state index is 5.88. The second-order valence-corrected chi connectivity index (χ2v) is 3.84. The number of hydrogen-bond acceptors (Lipinski definition) is 4. The summed E-state index contributed by atoms with van der Waals surface area (Å²) in [6.07, 6.45) is 0. The molecular weight excluding hydrogens is 228 g/mol. The standard InChI is InChI=1S/C14H16N2O2/c1-3-17-12-8-5-9-13(16-12)18-14-10(2)6-4-7-11(14)15/h4-9H,3,15H2,1-2H3. The fraction of sp³-hybridized carbons (Fsp3) is 0.214. The van der Waals surface area contributed by atoms with Gasteiger partial charge in [0.2, 0.25) is 11.8 Å². The van der Waals surface area contributed by atoms with Crippen LogP contribution in [0.3, 0.4) is 0 Å². The Kier molecular flexibility index (Phi) is 3.67. The molecule has 0 aliphatic heterocycles. The van der Waals surface area contributed by atoms with Crippen LogP contribution in [0.25, 0.3) is 0 Å². The van der Waals surface area contributed by atoms with E-state index < -0.39 is 0 Å². The highest BCUT2D eigenvalue weighted by Crippen LogP contribution is 2.30. The van der Waals surface area contributed by atoms with Crippen LogP contribution in [0, 0.1) is 6.92 Å². The van der Waals surface area contributed by atoms with Crippen molar-refractivity contribution in [3.05, 3.63) is 42.0 Å². The number of aryl methyl sites for hydroxylation is 1. The summed E-state index contributed by atoms with van der Waals surface area (Å²) in [5.41, 5.74) is 7.45. The van der Waals surface area contributed by atoms with Gasteiger partial charge >= 0.3 is 0 Å². The molecule has 0 saturated heterocycles. The van der Waals surface area contributed by atoms with Crippen LogP contribution in [-0.2, 0) is 0 Å². The van der Waals surface area contributed by atoms with E-state index in [1.165, 1.54) is 0 Å². The number of pyridine rings is 1. The van der Waals surface area contributed by atoms with Crippen LogP contribution in [0.1, 0.15) is 12.5 Å². The zero-order valence-corrected chi connectivity index (χ0v) is 10.5. The predicted molar refractivity (Wildman–Crippen MR) is 71.1 cm³/mol. The Bertz CT molecular complexity index is 521. The number of ether oxygens (including phenoxy) is 2. The second-order valence-electron chi connectivity index (χ2n) is 3.84. The maximum absolute atomic E-state index is 5.88. The average molecular weight is 244 g/mol. The minimum atomic E-state index is 0.474. The second kappa shape index (κ2) is 5.40. The first kappa shape index (κ1) is 12.2. The van der Waals surface area contributed by atoms with E-state index in [0.717, 1.165) is 5.56 Å². The van der Waals surface area contributed by atoms with Gasteiger partial charge in [0.25, 0.3) is 0 Å². The Balaban J connectivity index is 2.26. The summed E-state index contributed by atoms with van der Waals surface area (Å²) in [7, 11) is 0. The van der Waals surface area contributed by atoms with Crippen LogP contribution in [0.15, 0.2) is 36.4 Å². The van der Waals surface area contributed by atoms with Gasteiger partial charge in [-0.2, -0.15) is 4.98 Å². The number of rotatable bonds is 4. The van der Waals surface area contributed by atoms with Gasteiger partial charge in [-0.3, -0.25) is 0 Å². The molecule has 1 aromatic carbocycles. The zero-order chi connectivity index (χ0) is 13.0. The van der Waals surface area contributed by atoms with E-state index in [0.29, 0.717) is 29.8 Å². The number of anilines is 1. The van der Waals surface area contributed by atoms with Gasteiger partial charge in [0, 0.05) is 12.1 Å². The van der Waals surface area contributed by atoms with E-state index in [-0.39, 0.29) is 0 Å². The van der Waals surface area contributed by atoms with Crippen molar-refractivity contribution >= 4 is 5.69 Å². The Labute approximate surface area is 106 Å². The molecule has 0 radical (unpaired) electrons. The fourth-order valence-corrected chi connectivity index (χ4v) is 1.60. The maximum Gasteiger partial charge on any atom is 0.222 e. The molecule has 0 fully saturated rings. The third kappa shape index (κ3) is 2.71. The van der Waals surface area contributed by atoms with Crippen molar-refractivity contribution < 1.29 is 9.47 Å². The van der Waals surface area contributed by atoms with Crippen LogP contribution >= 0.6 is 0 Å². The van der Waals surface area contributed by atoms with Gasteiger partial charge in [0.15, 0.2) is 5.75 Å². The number of hydrogen-bond donors (Lipinski definition) is 1. The highest BCUT2D eigenvalue weighted by Gasteiger charge is 2.07. The van der Waals surface area contributed by atoms with Crippen molar-refractivity contribution in [3.63, 3.8) is 0 Å². The topological polar surface area (TPSA) is 57.4 Å². The van der Waals surface area contributed by atoms with Gasteiger partial charge in [0.1, 0.15) is 0 Å². The van der Waals surface area contributed by atoms with Crippen LogP contribution < -0.4 is 15.2 Å². The van der Waals surface area contributed by atoms with Crippen molar-refractivity contribution in [1.29, 1.82) is 0 Å². The number of benzene rings is 1. The third-order valence-corrected chi connectivity index (χ3v) is 2.44. The molecule has 0 aliphatic carbocycles. The Morgan fingerprint density at radius 1 is 1.11 bits per heavy atom. The first-order valence-electron chi connectivity index (χ1n) is 5.83. The van der Waals surface area contributed by atoms with Crippen molar-refractivity contribution in [1.82, 2.24) is 4.98 Å². The smallest absolute Gasteiger partial charge is 0.222 e. The summed E-state index contributed by atoms with van der Waals surface area (Å²) in [5.74, 6) is 1.66. The van der Waals surface area contributed by atoms with Gasteiger partial charge in [-0.05, 0) is 25.5 Å². The predicted octanol–water partition coefficient (Wildman–Crippen LogP) is 3.16. The molecule has 4 heteroatoms. The van der Waals surface area contributed by atoms with E-state index in [9.17, 15) is 0 Å². The molecule has 0 bridgehead atoms. The summed E-state index contributed by atoms with van der Waals surface area (Å²) in [4.78, 5) is 4.24. The molecule has 94 valence electrons. The van der Waals surface area contributed by atoms with E-state index >= 15 is 0 Å². The lowest BCUT2D eigenvalue weighted by Crippen LogP contribution is -1.98. The summed E-state index contributed by atoms with van der Waals surface area (Å²) >= 11 is 0. The largest absolute Gasteiger partial charge is 0.478 e. The molecule has 0 atom stereocenters. The summed E-state index contributed by atoms with van der Waals surface area (Å²) in [5, 5.41) is 0. The van der Waals surface area contributed by atoms with Gasteiger partial charge in [-0.1, -0.05) is 18.2 Å². The van der Waals surface area contributed by atoms with Gasteiger partial charge < -0.3 is 15.2 Å². The summed E-state index contributed by atoms with van der Waals surface area (Å²) in [6.45, 7) is 4.43. The third-order valence-electron chi connectivity index (χ3n) is 2.44. The highest BCUT2D eigenvalue weighted by atomic mass is 16.5. The minimum absolute atomic E-state index is 0.474. The molecule has 2 N–H and O–H groups in total. The summed E-state index contributed by atoms with van der Waals surface area (Å²) < 4.78 is 11.0. The molecule has 1 aromatic heterocycles. The van der Waals surface area contributed by atoms with E-state index in [1.807, 2.05) is 32.0 Å². The van der Waals surface area contributed by atoms with Crippen LogP contribution in [-0.4, -0.2) is 11.6 Å². The lowest BCUT2D eigenvalue weighted by Gasteiger charge is -2.11. The first-order chi connectivity index (χ1) is 8.70. The van der Waals surface area contributed by atoms with Crippen molar-refractivity contribution in [2.24, 2.45) is 0 Å². The average Bonchev–Trinajstić information content (AvgIpc) is 2.35. The van der Waals surface area contributed by atoms with Crippen molar-refractivity contribution in [2.45, 2.75) is 13.8 Å². The van der Waals surface area contributed by atoms with Crippen molar-refractivity contribution in [3.8, 4) is 17.5 Å². The van der Waals surface area contributed by atoms with E-state index in [1.54, 1.807) is 18.2 Å². The van der Waals surface area contributed by atoms with E-state index in [2.05, 4.69) is 4.98 Å². The van der Waals surface area contributed by atoms with Gasteiger partial charge in [0.05, 0.1) is 12.3 Å². The molecule has 18 heavy (non-hydrogen) atoms. The SMILES string of the molecule is CCOc1cccc(Oc2c(C)cccc2N)n1. The zero-order valence-electron chi connectivity index (χ0n) is 10.5. The Morgan fingerprint density at radius 2 is 1.83 bits per heavy atom. The number of nitrogen functional groups attached to an aromatic ring is 1. The monoisotopic (exact) mass is 244 g/mol. The molecule has 2 rings (SSSR count). The van der Waals surface area contributed by atoms with Crippen LogP contribution in [0.5, 0.6) is 17.5 Å². The molecule has 0 amide bonds. The number of para-hydroxylation sites is 1. The molecular formula is C14H16N2O2. The highest BCUT2D eigenvalue weighted by molar-refractivity contribution is 5.57. The normalized spacial score (nSPS) is 10.1. The number of nitrogens with two attached hydrogens (primary N) is 1. The van der Waals surface area contributed by atoms with Gasteiger partial charge in [-0.15, -0.1) is 0 Å². The van der Waals surface area contributed by atoms with Crippen LogP contribution in [0.4, 0.5) is 5.69 Å². The Morgan fingerprint density at radius 3 is 2.56 bits per heavy atom. The molecule has 0 unspecified atom stereocenters. The lowest BCUT2D eigenvalue weighted by molar-refractivity contribution is 0.321. The summed E-state index contributed by atoms with van der Waals surface area (Å²) in [6, 6.07) is 11.0. The number of nitrogens with zero attached hydrogens (tertiary/aromatic N) is 1. The number of aromatic nitrogens is 1. The van der Waals surface area contributed by atoms with Crippen LogP contribution in [0.2, 0.25) is 0 Å². The molecule has 1 heterocycles. The molecule has 0 aliphatic rings. The van der Waals surface area contributed by atoms with Gasteiger partial charge in [-0.25, -0.2) is 0 Å². The molecule has 0 spiro atoms.